The van der Waals surface area contributed by atoms with Crippen molar-refractivity contribution in [1.29, 1.82) is 0 Å². The van der Waals surface area contributed by atoms with E-state index in [1.54, 1.807) is 26.0 Å². The fourth-order valence-electron chi connectivity index (χ4n) is 3.96. The van der Waals surface area contributed by atoms with Crippen LogP contribution in [-0.2, 0) is 14.8 Å². The standard InChI is InChI=1S/C22H25N3O5S2/c1-4-30-22(27)19-13(2)14(3)31-21(19)23-20(26)15-9-10-16-17(12-15)32(28,29)24-18-8-6-5-7-11-25(16)18/h9-10,12H,4-8,11H2,1-3H3,(H,23,26). The summed E-state index contributed by atoms with van der Waals surface area (Å²) in [5.74, 6) is -0.433. The maximum absolute atomic E-state index is 13.0. The topological polar surface area (TPSA) is 105 Å². The van der Waals surface area contributed by atoms with Crippen molar-refractivity contribution in [3.63, 3.8) is 0 Å². The zero-order valence-electron chi connectivity index (χ0n) is 18.2. The number of ether oxygens (including phenoxy) is 1. The van der Waals surface area contributed by atoms with Gasteiger partial charge in [0.25, 0.3) is 15.9 Å². The monoisotopic (exact) mass is 475 g/mol. The molecule has 0 radical (unpaired) electrons. The third-order valence-corrected chi connectivity index (χ3v) is 8.16. The molecule has 1 amide bonds. The van der Waals surface area contributed by atoms with Gasteiger partial charge in [-0.25, -0.2) is 4.79 Å². The van der Waals surface area contributed by atoms with Gasteiger partial charge in [0.05, 0.1) is 17.9 Å². The number of hydrogen-bond donors (Lipinski definition) is 1. The second kappa shape index (κ2) is 8.67. The highest BCUT2D eigenvalue weighted by molar-refractivity contribution is 7.90. The summed E-state index contributed by atoms with van der Waals surface area (Å²) in [6, 6.07) is 4.64. The lowest BCUT2D eigenvalue weighted by atomic mass is 10.1. The van der Waals surface area contributed by atoms with Gasteiger partial charge in [-0.3, -0.25) is 4.79 Å². The molecule has 0 spiro atoms. The molecule has 10 heteroatoms. The molecule has 1 fully saturated rings. The van der Waals surface area contributed by atoms with Crippen LogP contribution in [0, 0.1) is 13.8 Å². The molecule has 8 nitrogen and oxygen atoms in total. The predicted molar refractivity (Wildman–Crippen MR) is 125 cm³/mol. The highest BCUT2D eigenvalue weighted by Crippen LogP contribution is 2.36. The van der Waals surface area contributed by atoms with Crippen LogP contribution < -0.4 is 10.2 Å². The van der Waals surface area contributed by atoms with Gasteiger partial charge in [0.15, 0.2) is 0 Å². The molecular weight excluding hydrogens is 450 g/mol. The smallest absolute Gasteiger partial charge is 0.341 e. The number of amidine groups is 1. The van der Waals surface area contributed by atoms with Crippen LogP contribution in [-0.4, -0.2) is 39.3 Å². The first-order valence-corrected chi connectivity index (χ1v) is 12.8. The molecule has 0 bridgehead atoms. The molecule has 2 aliphatic rings. The Hall–Kier alpha value is -2.72. The van der Waals surface area contributed by atoms with E-state index in [1.807, 2.05) is 11.8 Å². The number of esters is 1. The van der Waals surface area contributed by atoms with E-state index in [0.717, 1.165) is 29.7 Å². The molecule has 32 heavy (non-hydrogen) atoms. The molecule has 1 aromatic heterocycles. The first-order chi connectivity index (χ1) is 15.2. The molecule has 170 valence electrons. The Morgan fingerprint density at radius 3 is 2.75 bits per heavy atom. The number of thiophene rings is 1. The van der Waals surface area contributed by atoms with E-state index in [0.29, 0.717) is 35.1 Å². The van der Waals surface area contributed by atoms with Gasteiger partial charge in [0.1, 0.15) is 15.7 Å². The van der Waals surface area contributed by atoms with E-state index >= 15 is 0 Å². The van der Waals surface area contributed by atoms with Gasteiger partial charge in [-0.2, -0.15) is 8.42 Å². The Morgan fingerprint density at radius 2 is 2.00 bits per heavy atom. The van der Waals surface area contributed by atoms with Crippen LogP contribution in [0.15, 0.2) is 27.5 Å². The quantitative estimate of drug-likeness (QED) is 0.662. The van der Waals surface area contributed by atoms with Crippen molar-refractivity contribution < 1.29 is 22.7 Å². The zero-order valence-corrected chi connectivity index (χ0v) is 19.9. The molecule has 0 atom stereocenters. The van der Waals surface area contributed by atoms with E-state index in [1.165, 1.54) is 17.4 Å². The van der Waals surface area contributed by atoms with Crippen LogP contribution >= 0.6 is 11.3 Å². The summed E-state index contributed by atoms with van der Waals surface area (Å²) in [7, 11) is -3.89. The summed E-state index contributed by atoms with van der Waals surface area (Å²) in [6.07, 6.45) is 3.50. The molecule has 0 unspecified atom stereocenters. The Morgan fingerprint density at radius 1 is 1.22 bits per heavy atom. The van der Waals surface area contributed by atoms with Crippen LogP contribution in [0.3, 0.4) is 0 Å². The lowest BCUT2D eigenvalue weighted by molar-refractivity contribution is 0.0527. The average Bonchev–Trinajstić information content (AvgIpc) is 2.89. The van der Waals surface area contributed by atoms with E-state index in [9.17, 15) is 18.0 Å². The number of amides is 1. The van der Waals surface area contributed by atoms with Crippen LogP contribution in [0.5, 0.6) is 0 Å². The SMILES string of the molecule is CCOC(=O)c1c(NC(=O)c2ccc3c(c2)S(=O)(=O)N=C2CCCCCN23)sc(C)c1C. The summed E-state index contributed by atoms with van der Waals surface area (Å²) < 4.78 is 34.8. The van der Waals surface area contributed by atoms with Gasteiger partial charge in [0.2, 0.25) is 0 Å². The summed E-state index contributed by atoms with van der Waals surface area (Å²) in [5.41, 5.74) is 1.81. The number of aryl methyl sites for hydroxylation is 1. The van der Waals surface area contributed by atoms with Crippen molar-refractivity contribution in [1.82, 2.24) is 0 Å². The molecule has 2 aromatic rings. The number of nitrogens with zero attached hydrogens (tertiary/aromatic N) is 2. The molecule has 0 saturated carbocycles. The summed E-state index contributed by atoms with van der Waals surface area (Å²) in [6.45, 7) is 6.30. The number of sulfonamides is 1. The van der Waals surface area contributed by atoms with E-state index in [2.05, 4.69) is 9.71 Å². The summed E-state index contributed by atoms with van der Waals surface area (Å²) in [5, 5.41) is 3.15. The fraction of sp³-hybridized carbons (Fsp3) is 0.409. The third-order valence-electron chi connectivity index (χ3n) is 5.70. The minimum atomic E-state index is -3.89. The number of benzene rings is 1. The second-order valence-corrected chi connectivity index (χ2v) is 10.6. The molecule has 1 saturated heterocycles. The minimum absolute atomic E-state index is 0.0277. The van der Waals surface area contributed by atoms with Crippen molar-refractivity contribution in [3.8, 4) is 0 Å². The van der Waals surface area contributed by atoms with Crippen LogP contribution in [0.1, 0.15) is 63.8 Å². The van der Waals surface area contributed by atoms with Crippen LogP contribution in [0.4, 0.5) is 10.7 Å². The van der Waals surface area contributed by atoms with E-state index < -0.39 is 21.9 Å². The summed E-state index contributed by atoms with van der Waals surface area (Å²) >= 11 is 1.28. The van der Waals surface area contributed by atoms with Gasteiger partial charge in [-0.1, -0.05) is 6.42 Å². The van der Waals surface area contributed by atoms with E-state index in [-0.39, 0.29) is 17.1 Å². The summed E-state index contributed by atoms with van der Waals surface area (Å²) in [4.78, 5) is 28.2. The van der Waals surface area contributed by atoms with Gasteiger partial charge in [0, 0.05) is 23.4 Å². The molecule has 0 aliphatic carbocycles. The number of rotatable bonds is 4. The lowest BCUT2D eigenvalue weighted by Crippen LogP contribution is -2.35. The highest BCUT2D eigenvalue weighted by atomic mass is 32.2. The van der Waals surface area contributed by atoms with Gasteiger partial charge >= 0.3 is 5.97 Å². The van der Waals surface area contributed by atoms with Crippen molar-refractivity contribution in [2.45, 2.75) is 51.3 Å². The molecule has 3 heterocycles. The fourth-order valence-corrected chi connectivity index (χ4v) is 6.29. The maximum atomic E-state index is 13.0. The number of carbonyl (C=O) groups is 2. The molecule has 2 aliphatic heterocycles. The third kappa shape index (κ3) is 4.04. The van der Waals surface area contributed by atoms with Crippen molar-refractivity contribution in [2.75, 3.05) is 23.4 Å². The maximum Gasteiger partial charge on any atom is 0.341 e. The van der Waals surface area contributed by atoms with Gasteiger partial charge in [-0.05, 0) is 57.4 Å². The molecular formula is C22H25N3O5S2. The Balaban J connectivity index is 1.67. The number of hydrogen-bond acceptors (Lipinski definition) is 7. The molecule has 4 rings (SSSR count). The molecule has 1 aromatic carbocycles. The molecule has 1 N–H and O–H groups in total. The number of carbonyl (C=O) groups excluding carboxylic acids is 2. The number of fused-ring (bicyclic) bond motifs is 3. The van der Waals surface area contributed by atoms with Gasteiger partial charge in [-0.15, -0.1) is 15.7 Å². The predicted octanol–water partition coefficient (Wildman–Crippen LogP) is 4.28. The first kappa shape index (κ1) is 22.5. The van der Waals surface area contributed by atoms with Crippen molar-refractivity contribution in [3.05, 3.63) is 39.8 Å². The lowest BCUT2D eigenvalue weighted by Gasteiger charge is -2.29. The first-order valence-electron chi connectivity index (χ1n) is 10.6. The van der Waals surface area contributed by atoms with Crippen LogP contribution in [0.25, 0.3) is 0 Å². The Labute approximate surface area is 191 Å². The van der Waals surface area contributed by atoms with E-state index in [4.69, 9.17) is 4.74 Å². The Kier molecular flexibility index (Phi) is 6.09. The second-order valence-electron chi connectivity index (χ2n) is 7.79. The van der Waals surface area contributed by atoms with Crippen molar-refractivity contribution in [2.24, 2.45) is 4.40 Å². The van der Waals surface area contributed by atoms with Crippen molar-refractivity contribution >= 4 is 49.8 Å². The van der Waals surface area contributed by atoms with Crippen LogP contribution in [0.2, 0.25) is 0 Å². The normalized spacial score (nSPS) is 17.0. The average molecular weight is 476 g/mol. The largest absolute Gasteiger partial charge is 0.462 e. The van der Waals surface area contributed by atoms with Gasteiger partial charge < -0.3 is 15.0 Å². The zero-order chi connectivity index (χ0) is 23.0. The number of nitrogens with one attached hydrogen (secondary N) is 1. The Bertz CT molecular complexity index is 1230. The number of anilines is 2. The highest BCUT2D eigenvalue weighted by Gasteiger charge is 2.32. The minimum Gasteiger partial charge on any atom is -0.462 e.